The maximum absolute atomic E-state index is 12.3. The Morgan fingerprint density at radius 3 is 2.20 bits per heavy atom. The fourth-order valence-electron chi connectivity index (χ4n) is 3.26. The van der Waals surface area contributed by atoms with Gasteiger partial charge in [0.1, 0.15) is 30.2 Å². The molecule has 1 aliphatic rings. The van der Waals surface area contributed by atoms with Crippen LogP contribution in [0.1, 0.15) is 50.7 Å². The molecule has 1 unspecified atom stereocenters. The average Bonchev–Trinajstić information content (AvgIpc) is 2.70. The van der Waals surface area contributed by atoms with E-state index in [9.17, 15) is 25.2 Å². The van der Waals surface area contributed by atoms with Crippen LogP contribution in [-0.4, -0.2) is 77.0 Å². The number of hydrogen-bond donors (Lipinski definition) is 5. The zero-order valence-corrected chi connectivity index (χ0v) is 17.8. The predicted molar refractivity (Wildman–Crippen MR) is 108 cm³/mol. The standard InChI is InChI=1S/C21H33NO8/c1-11(2)13-6-5-7-14(12(3)4)19(13)30-21(27)22-8-9-28-20-18(26)17(25)16(24)15(10-23)29-20/h5-7,11-12,15-18,20,23-26H,8-10H2,1-4H3,(H,22,27)/t15-,16-,17+,18-,20?/m1/s1. The van der Waals surface area contributed by atoms with Gasteiger partial charge in [0.05, 0.1) is 13.2 Å². The maximum atomic E-state index is 12.3. The third kappa shape index (κ3) is 5.90. The Morgan fingerprint density at radius 1 is 1.07 bits per heavy atom. The summed E-state index contributed by atoms with van der Waals surface area (Å²) in [5.41, 5.74) is 1.88. The van der Waals surface area contributed by atoms with Gasteiger partial charge in [-0.3, -0.25) is 0 Å². The number of amides is 1. The molecule has 0 spiro atoms. The Hall–Kier alpha value is -1.75. The molecule has 5 N–H and O–H groups in total. The van der Waals surface area contributed by atoms with Crippen LogP contribution >= 0.6 is 0 Å². The molecule has 0 aliphatic carbocycles. The van der Waals surface area contributed by atoms with Crippen molar-refractivity contribution in [1.82, 2.24) is 5.32 Å². The molecule has 0 radical (unpaired) electrons. The van der Waals surface area contributed by atoms with Crippen LogP contribution in [0.4, 0.5) is 4.79 Å². The van der Waals surface area contributed by atoms with Crippen molar-refractivity contribution in [2.75, 3.05) is 19.8 Å². The fraction of sp³-hybridized carbons (Fsp3) is 0.667. The minimum atomic E-state index is -1.51. The summed E-state index contributed by atoms with van der Waals surface area (Å²) in [5, 5.41) is 41.2. The lowest BCUT2D eigenvalue weighted by atomic mass is 9.94. The van der Waals surface area contributed by atoms with Crippen molar-refractivity contribution in [3.63, 3.8) is 0 Å². The lowest BCUT2D eigenvalue weighted by Gasteiger charge is -2.39. The van der Waals surface area contributed by atoms with Crippen LogP contribution in [0.2, 0.25) is 0 Å². The van der Waals surface area contributed by atoms with E-state index < -0.39 is 43.4 Å². The Morgan fingerprint density at radius 2 is 1.67 bits per heavy atom. The Labute approximate surface area is 176 Å². The summed E-state index contributed by atoms with van der Waals surface area (Å²) in [7, 11) is 0. The van der Waals surface area contributed by atoms with Crippen LogP contribution in [0.25, 0.3) is 0 Å². The lowest BCUT2D eigenvalue weighted by molar-refractivity contribution is -0.300. The average molecular weight is 427 g/mol. The van der Waals surface area contributed by atoms with Gasteiger partial charge in [-0.05, 0) is 23.0 Å². The highest BCUT2D eigenvalue weighted by molar-refractivity contribution is 5.71. The number of carbonyl (C=O) groups excluding carboxylic acids is 1. The number of aliphatic hydroxyl groups is 4. The van der Waals surface area contributed by atoms with Gasteiger partial charge >= 0.3 is 6.09 Å². The SMILES string of the molecule is CC(C)c1cccc(C(C)C)c1OC(=O)NCCOC1O[C@H](CO)[C@@H](O)[C@H](O)[C@H]1O. The molecule has 5 atom stereocenters. The highest BCUT2D eigenvalue weighted by Gasteiger charge is 2.43. The Kier molecular flexibility index (Phi) is 9.02. The van der Waals surface area contributed by atoms with Crippen LogP contribution in [-0.2, 0) is 9.47 Å². The van der Waals surface area contributed by atoms with Gasteiger partial charge < -0.3 is 40.0 Å². The number of nitrogens with one attached hydrogen (secondary N) is 1. The molecule has 1 aliphatic heterocycles. The minimum Gasteiger partial charge on any atom is -0.410 e. The van der Waals surface area contributed by atoms with Crippen molar-refractivity contribution >= 4 is 6.09 Å². The van der Waals surface area contributed by atoms with Crippen molar-refractivity contribution in [3.05, 3.63) is 29.3 Å². The van der Waals surface area contributed by atoms with Gasteiger partial charge in [0.25, 0.3) is 0 Å². The molecule has 0 saturated carbocycles. The number of benzene rings is 1. The summed E-state index contributed by atoms with van der Waals surface area (Å²) >= 11 is 0. The summed E-state index contributed by atoms with van der Waals surface area (Å²) in [6, 6.07) is 5.81. The highest BCUT2D eigenvalue weighted by Crippen LogP contribution is 2.34. The van der Waals surface area contributed by atoms with Gasteiger partial charge in [-0.15, -0.1) is 0 Å². The molecule has 1 heterocycles. The van der Waals surface area contributed by atoms with Gasteiger partial charge in [0, 0.05) is 6.54 Å². The predicted octanol–water partition coefficient (Wildman–Crippen LogP) is 0.838. The highest BCUT2D eigenvalue weighted by atomic mass is 16.7. The van der Waals surface area contributed by atoms with E-state index in [2.05, 4.69) is 5.32 Å². The first-order valence-corrected chi connectivity index (χ1v) is 10.2. The molecule has 9 nitrogen and oxygen atoms in total. The summed E-state index contributed by atoms with van der Waals surface area (Å²) in [5.74, 6) is 0.914. The van der Waals surface area contributed by atoms with Crippen molar-refractivity contribution in [3.8, 4) is 5.75 Å². The number of hydrogen-bond acceptors (Lipinski definition) is 8. The monoisotopic (exact) mass is 427 g/mol. The molecular weight excluding hydrogens is 394 g/mol. The number of para-hydroxylation sites is 1. The molecule has 2 rings (SSSR count). The molecule has 9 heteroatoms. The van der Waals surface area contributed by atoms with E-state index in [1.165, 1.54) is 0 Å². The first-order valence-electron chi connectivity index (χ1n) is 10.2. The molecule has 30 heavy (non-hydrogen) atoms. The zero-order chi connectivity index (χ0) is 22.4. The van der Waals surface area contributed by atoms with Gasteiger partial charge in [-0.1, -0.05) is 45.9 Å². The van der Waals surface area contributed by atoms with E-state index in [-0.39, 0.29) is 25.0 Å². The Balaban J connectivity index is 1.89. The summed E-state index contributed by atoms with van der Waals surface area (Å²) < 4.78 is 16.2. The van der Waals surface area contributed by atoms with E-state index in [0.717, 1.165) is 11.1 Å². The normalized spacial score (nSPS) is 26.8. The van der Waals surface area contributed by atoms with Crippen molar-refractivity contribution in [2.24, 2.45) is 0 Å². The summed E-state index contributed by atoms with van der Waals surface area (Å²) in [4.78, 5) is 12.3. The van der Waals surface area contributed by atoms with Gasteiger partial charge in [0.15, 0.2) is 6.29 Å². The molecule has 0 aromatic heterocycles. The van der Waals surface area contributed by atoms with Crippen molar-refractivity contribution in [2.45, 2.75) is 70.2 Å². The van der Waals surface area contributed by atoms with E-state index in [1.54, 1.807) is 0 Å². The lowest BCUT2D eigenvalue weighted by Crippen LogP contribution is -2.59. The number of ether oxygens (including phenoxy) is 3. The van der Waals surface area contributed by atoms with Crippen LogP contribution < -0.4 is 10.1 Å². The number of aliphatic hydroxyl groups excluding tert-OH is 4. The maximum Gasteiger partial charge on any atom is 0.412 e. The second kappa shape index (κ2) is 11.0. The molecule has 1 saturated heterocycles. The minimum absolute atomic E-state index is 0.0410. The molecule has 1 aromatic carbocycles. The van der Waals surface area contributed by atoms with E-state index in [0.29, 0.717) is 5.75 Å². The molecule has 1 aromatic rings. The van der Waals surface area contributed by atoms with Crippen molar-refractivity contribution in [1.29, 1.82) is 0 Å². The molecule has 0 bridgehead atoms. The van der Waals surface area contributed by atoms with Crippen LogP contribution in [0.3, 0.4) is 0 Å². The van der Waals surface area contributed by atoms with Crippen LogP contribution in [0.15, 0.2) is 18.2 Å². The molecule has 1 amide bonds. The number of rotatable bonds is 8. The molecule has 1 fully saturated rings. The van der Waals surface area contributed by atoms with Gasteiger partial charge in [0.2, 0.25) is 0 Å². The zero-order valence-electron chi connectivity index (χ0n) is 17.8. The molecule has 170 valence electrons. The summed E-state index contributed by atoms with van der Waals surface area (Å²) in [6.45, 7) is 7.59. The summed E-state index contributed by atoms with van der Waals surface area (Å²) in [6.07, 6.45) is -7.38. The molecular formula is C21H33NO8. The third-order valence-corrected chi connectivity index (χ3v) is 5.02. The van der Waals surface area contributed by atoms with E-state index in [4.69, 9.17) is 14.2 Å². The van der Waals surface area contributed by atoms with Gasteiger partial charge in [-0.2, -0.15) is 0 Å². The van der Waals surface area contributed by atoms with Gasteiger partial charge in [-0.25, -0.2) is 4.79 Å². The smallest absolute Gasteiger partial charge is 0.410 e. The second-order valence-electron chi connectivity index (χ2n) is 7.96. The quantitative estimate of drug-likeness (QED) is 0.385. The van der Waals surface area contributed by atoms with E-state index >= 15 is 0 Å². The number of carbonyl (C=O) groups is 1. The van der Waals surface area contributed by atoms with Crippen molar-refractivity contribution < 1.29 is 39.4 Å². The third-order valence-electron chi connectivity index (χ3n) is 5.02. The Bertz CT molecular complexity index is 667. The first-order chi connectivity index (χ1) is 14.2. The van der Waals surface area contributed by atoms with Crippen LogP contribution in [0, 0.1) is 0 Å². The first kappa shape index (κ1) is 24.5. The topological polar surface area (TPSA) is 138 Å². The van der Waals surface area contributed by atoms with Crippen LogP contribution in [0.5, 0.6) is 5.75 Å². The second-order valence-corrected chi connectivity index (χ2v) is 7.96. The largest absolute Gasteiger partial charge is 0.412 e. The van der Waals surface area contributed by atoms with E-state index in [1.807, 2.05) is 45.9 Å². The fourth-order valence-corrected chi connectivity index (χ4v) is 3.26.